The van der Waals surface area contributed by atoms with Crippen LogP contribution in [0.3, 0.4) is 0 Å². The van der Waals surface area contributed by atoms with Crippen molar-refractivity contribution in [3.05, 3.63) is 35.4 Å². The van der Waals surface area contributed by atoms with Gasteiger partial charge in [-0.3, -0.25) is 9.59 Å². The second-order valence-corrected chi connectivity index (χ2v) is 3.57. The van der Waals surface area contributed by atoms with Crippen molar-refractivity contribution in [3.8, 4) is 0 Å². The number of carboxylic acid groups (broad SMARTS) is 1. The lowest BCUT2D eigenvalue weighted by Crippen LogP contribution is -2.20. The van der Waals surface area contributed by atoms with Gasteiger partial charge in [0.2, 0.25) is 5.91 Å². The van der Waals surface area contributed by atoms with Crippen LogP contribution in [0.5, 0.6) is 0 Å². The standard InChI is InChI=1S/C11H9NO4/c13-8-5-9(14)12-10(8)6-1-3-7(4-2-6)11(15)16/h1-4,10H,5H2,(H,12,14)(H,15,16). The molecule has 0 saturated carbocycles. The second-order valence-electron chi connectivity index (χ2n) is 3.57. The molecule has 1 aliphatic rings. The summed E-state index contributed by atoms with van der Waals surface area (Å²) in [5.74, 6) is -1.50. The van der Waals surface area contributed by atoms with Gasteiger partial charge in [-0.1, -0.05) is 12.1 Å². The maximum absolute atomic E-state index is 11.4. The first kappa shape index (κ1) is 10.4. The van der Waals surface area contributed by atoms with Crippen LogP contribution in [0.4, 0.5) is 0 Å². The minimum absolute atomic E-state index is 0.106. The summed E-state index contributed by atoms with van der Waals surface area (Å²) in [7, 11) is 0. The highest BCUT2D eigenvalue weighted by Gasteiger charge is 2.31. The van der Waals surface area contributed by atoms with E-state index in [1.165, 1.54) is 24.3 Å². The molecule has 0 radical (unpaired) electrons. The molecule has 2 N–H and O–H groups in total. The lowest BCUT2D eigenvalue weighted by atomic mass is 10.0. The van der Waals surface area contributed by atoms with Crippen molar-refractivity contribution in [2.75, 3.05) is 0 Å². The van der Waals surface area contributed by atoms with Gasteiger partial charge >= 0.3 is 5.97 Å². The third-order valence-electron chi connectivity index (χ3n) is 2.45. The molecular weight excluding hydrogens is 210 g/mol. The van der Waals surface area contributed by atoms with E-state index in [1.807, 2.05) is 0 Å². The topological polar surface area (TPSA) is 83.5 Å². The minimum atomic E-state index is -1.02. The highest BCUT2D eigenvalue weighted by molar-refractivity contribution is 6.07. The normalized spacial score (nSPS) is 19.6. The van der Waals surface area contributed by atoms with Crippen LogP contribution in [0.15, 0.2) is 24.3 Å². The van der Waals surface area contributed by atoms with Gasteiger partial charge in [0.15, 0.2) is 5.78 Å². The molecule has 1 unspecified atom stereocenters. The van der Waals surface area contributed by atoms with Crippen molar-refractivity contribution in [3.63, 3.8) is 0 Å². The van der Waals surface area contributed by atoms with E-state index in [4.69, 9.17) is 5.11 Å². The summed E-state index contributed by atoms with van der Waals surface area (Å²) in [6.45, 7) is 0. The lowest BCUT2D eigenvalue weighted by Gasteiger charge is -2.08. The van der Waals surface area contributed by atoms with Crippen LogP contribution in [0.2, 0.25) is 0 Å². The Morgan fingerprint density at radius 3 is 2.31 bits per heavy atom. The summed E-state index contributed by atoms with van der Waals surface area (Å²) in [5, 5.41) is 11.2. The molecule has 1 heterocycles. The highest BCUT2D eigenvalue weighted by Crippen LogP contribution is 2.20. The summed E-state index contributed by atoms with van der Waals surface area (Å²) in [6.07, 6.45) is -0.106. The number of aromatic carboxylic acids is 1. The van der Waals surface area contributed by atoms with Gasteiger partial charge in [0.25, 0.3) is 0 Å². The average molecular weight is 219 g/mol. The maximum Gasteiger partial charge on any atom is 0.335 e. The van der Waals surface area contributed by atoms with Crippen LogP contribution in [-0.4, -0.2) is 22.8 Å². The summed E-state index contributed by atoms with van der Waals surface area (Å²) in [6, 6.07) is 5.27. The Kier molecular flexibility index (Phi) is 2.44. The number of carbonyl (C=O) groups excluding carboxylic acids is 2. The fraction of sp³-hybridized carbons (Fsp3) is 0.182. The number of benzene rings is 1. The number of amides is 1. The SMILES string of the molecule is O=C1CC(=O)C(c2ccc(C(=O)O)cc2)N1. The van der Waals surface area contributed by atoms with Gasteiger partial charge < -0.3 is 10.4 Å². The Labute approximate surface area is 91.1 Å². The molecule has 1 aromatic rings. The van der Waals surface area contributed by atoms with E-state index in [-0.39, 0.29) is 23.7 Å². The summed E-state index contributed by atoms with van der Waals surface area (Å²) < 4.78 is 0. The number of carboxylic acids is 1. The zero-order valence-corrected chi connectivity index (χ0v) is 8.27. The first-order valence-electron chi connectivity index (χ1n) is 4.73. The second kappa shape index (κ2) is 3.77. The molecule has 1 fully saturated rings. The fourth-order valence-corrected chi connectivity index (χ4v) is 1.64. The molecule has 1 atom stereocenters. The van der Waals surface area contributed by atoms with Gasteiger partial charge in [0.05, 0.1) is 12.0 Å². The number of ketones is 1. The number of hydrogen-bond acceptors (Lipinski definition) is 3. The van der Waals surface area contributed by atoms with Gasteiger partial charge in [-0.05, 0) is 17.7 Å². The molecule has 1 saturated heterocycles. The van der Waals surface area contributed by atoms with E-state index in [1.54, 1.807) is 0 Å². The molecule has 0 bridgehead atoms. The number of carbonyl (C=O) groups is 3. The van der Waals surface area contributed by atoms with Crippen molar-refractivity contribution >= 4 is 17.7 Å². The molecule has 5 heteroatoms. The molecule has 2 rings (SSSR count). The molecule has 0 aromatic heterocycles. The molecular formula is C11H9NO4. The van der Waals surface area contributed by atoms with Crippen LogP contribution >= 0.6 is 0 Å². The number of nitrogens with one attached hydrogen (secondary N) is 1. The minimum Gasteiger partial charge on any atom is -0.478 e. The van der Waals surface area contributed by atoms with Gasteiger partial charge in [0.1, 0.15) is 6.04 Å². The molecule has 16 heavy (non-hydrogen) atoms. The highest BCUT2D eigenvalue weighted by atomic mass is 16.4. The third kappa shape index (κ3) is 1.79. The molecule has 0 spiro atoms. The van der Waals surface area contributed by atoms with Crippen LogP contribution in [0.25, 0.3) is 0 Å². The van der Waals surface area contributed by atoms with E-state index in [0.717, 1.165) is 0 Å². The Hall–Kier alpha value is -2.17. The maximum atomic E-state index is 11.4. The molecule has 1 aromatic carbocycles. The van der Waals surface area contributed by atoms with E-state index < -0.39 is 12.0 Å². The first-order valence-corrected chi connectivity index (χ1v) is 4.73. The van der Waals surface area contributed by atoms with Crippen molar-refractivity contribution in [1.29, 1.82) is 0 Å². The largest absolute Gasteiger partial charge is 0.478 e. The van der Waals surface area contributed by atoms with Crippen molar-refractivity contribution in [2.24, 2.45) is 0 Å². The van der Waals surface area contributed by atoms with E-state index >= 15 is 0 Å². The Morgan fingerprint density at radius 1 is 1.25 bits per heavy atom. The van der Waals surface area contributed by atoms with Crippen LogP contribution in [0, 0.1) is 0 Å². The van der Waals surface area contributed by atoms with E-state index in [9.17, 15) is 14.4 Å². The molecule has 0 aliphatic carbocycles. The van der Waals surface area contributed by atoms with Crippen LogP contribution < -0.4 is 5.32 Å². The van der Waals surface area contributed by atoms with Crippen molar-refractivity contribution in [1.82, 2.24) is 5.32 Å². The number of hydrogen-bond donors (Lipinski definition) is 2. The smallest absolute Gasteiger partial charge is 0.335 e. The number of Topliss-reactive ketones (excluding diaryl/α,β-unsaturated/α-hetero) is 1. The van der Waals surface area contributed by atoms with Crippen LogP contribution in [0.1, 0.15) is 28.4 Å². The van der Waals surface area contributed by atoms with Gasteiger partial charge in [-0.25, -0.2) is 4.79 Å². The Balaban J connectivity index is 2.25. The van der Waals surface area contributed by atoms with Gasteiger partial charge in [0, 0.05) is 0 Å². The Morgan fingerprint density at radius 2 is 1.88 bits per heavy atom. The van der Waals surface area contributed by atoms with E-state index in [2.05, 4.69) is 5.32 Å². The summed E-state index contributed by atoms with van der Waals surface area (Å²) in [5.41, 5.74) is 0.765. The molecule has 1 amide bonds. The lowest BCUT2D eigenvalue weighted by molar-refractivity contribution is -0.122. The third-order valence-corrected chi connectivity index (χ3v) is 2.45. The number of rotatable bonds is 2. The predicted octanol–water partition coefficient (Wildman–Crippen LogP) is 0.515. The van der Waals surface area contributed by atoms with Crippen molar-refractivity contribution < 1.29 is 19.5 Å². The summed E-state index contributed by atoms with van der Waals surface area (Å²) >= 11 is 0. The zero-order chi connectivity index (χ0) is 11.7. The van der Waals surface area contributed by atoms with E-state index in [0.29, 0.717) is 5.56 Å². The fourth-order valence-electron chi connectivity index (χ4n) is 1.64. The Bertz CT molecular complexity index is 463. The molecule has 5 nitrogen and oxygen atoms in total. The molecule has 1 aliphatic heterocycles. The predicted molar refractivity (Wildman–Crippen MR) is 53.9 cm³/mol. The van der Waals surface area contributed by atoms with Gasteiger partial charge in [-0.15, -0.1) is 0 Å². The monoisotopic (exact) mass is 219 g/mol. The molecule has 82 valence electrons. The quantitative estimate of drug-likeness (QED) is 0.710. The van der Waals surface area contributed by atoms with Gasteiger partial charge in [-0.2, -0.15) is 0 Å². The van der Waals surface area contributed by atoms with Crippen LogP contribution in [-0.2, 0) is 9.59 Å². The average Bonchev–Trinajstić information content (AvgIpc) is 2.58. The van der Waals surface area contributed by atoms with Crippen molar-refractivity contribution in [2.45, 2.75) is 12.5 Å². The first-order chi connectivity index (χ1) is 7.58. The zero-order valence-electron chi connectivity index (χ0n) is 8.27. The summed E-state index contributed by atoms with van der Waals surface area (Å²) in [4.78, 5) is 33.0.